The zero-order valence-corrected chi connectivity index (χ0v) is 12.5. The molecule has 1 aromatic rings. The maximum Gasteiger partial charge on any atom is 0.0406 e. The summed E-state index contributed by atoms with van der Waals surface area (Å²) in [6.07, 6.45) is 2.48. The minimum atomic E-state index is 0.446. The van der Waals surface area contributed by atoms with E-state index < -0.39 is 0 Å². The van der Waals surface area contributed by atoms with Crippen LogP contribution in [0.25, 0.3) is 0 Å². The lowest BCUT2D eigenvalue weighted by Gasteiger charge is -2.25. The summed E-state index contributed by atoms with van der Waals surface area (Å²) in [5.74, 6) is 0. The number of halogens is 1. The van der Waals surface area contributed by atoms with Crippen LogP contribution in [0.4, 0.5) is 0 Å². The van der Waals surface area contributed by atoms with Gasteiger partial charge in [-0.15, -0.1) is 0 Å². The highest BCUT2D eigenvalue weighted by Crippen LogP contribution is 2.20. The summed E-state index contributed by atoms with van der Waals surface area (Å²) in [4.78, 5) is 2.40. The minimum absolute atomic E-state index is 0.446. The van der Waals surface area contributed by atoms with Crippen LogP contribution in [0.5, 0.6) is 0 Å². The molecule has 1 N–H and O–H groups in total. The van der Waals surface area contributed by atoms with Crippen molar-refractivity contribution in [2.75, 3.05) is 26.7 Å². The summed E-state index contributed by atoms with van der Waals surface area (Å²) < 4.78 is 0. The summed E-state index contributed by atoms with van der Waals surface area (Å²) in [5.41, 5.74) is 1.33. The van der Waals surface area contributed by atoms with Crippen LogP contribution in [0.2, 0.25) is 5.02 Å². The molecule has 2 nitrogen and oxygen atoms in total. The molecule has 0 saturated carbocycles. The molecule has 0 fully saturated rings. The highest BCUT2D eigenvalue weighted by molar-refractivity contribution is 6.30. The maximum atomic E-state index is 5.91. The number of nitrogens with zero attached hydrogens (tertiary/aromatic N) is 1. The Labute approximate surface area is 116 Å². The van der Waals surface area contributed by atoms with E-state index in [0.717, 1.165) is 24.7 Å². The lowest BCUT2D eigenvalue weighted by Crippen LogP contribution is -2.24. The van der Waals surface area contributed by atoms with Crippen molar-refractivity contribution in [3.05, 3.63) is 34.9 Å². The van der Waals surface area contributed by atoms with Gasteiger partial charge in [-0.1, -0.05) is 30.7 Å². The molecule has 0 aromatic heterocycles. The Morgan fingerprint density at radius 1 is 1.22 bits per heavy atom. The second kappa shape index (κ2) is 8.52. The Morgan fingerprint density at radius 3 is 2.50 bits per heavy atom. The number of hydrogen-bond acceptors (Lipinski definition) is 2. The monoisotopic (exact) mass is 268 g/mol. The number of hydrogen-bond donors (Lipinski definition) is 1. The molecule has 1 unspecified atom stereocenters. The molecule has 0 spiro atoms. The molecule has 1 rings (SSSR count). The summed E-state index contributed by atoms with van der Waals surface area (Å²) in [6, 6.07) is 8.60. The third-order valence-electron chi connectivity index (χ3n) is 3.38. The van der Waals surface area contributed by atoms with Crippen molar-refractivity contribution in [2.24, 2.45) is 0 Å². The summed E-state index contributed by atoms with van der Waals surface area (Å²) >= 11 is 5.91. The van der Waals surface area contributed by atoms with Gasteiger partial charge in [0.1, 0.15) is 0 Å². The second-order valence-electron chi connectivity index (χ2n) is 4.77. The zero-order valence-electron chi connectivity index (χ0n) is 11.7. The average molecular weight is 269 g/mol. The van der Waals surface area contributed by atoms with Crippen LogP contribution in [0.3, 0.4) is 0 Å². The topological polar surface area (TPSA) is 15.3 Å². The van der Waals surface area contributed by atoms with Crippen LogP contribution < -0.4 is 5.32 Å². The first-order valence-electron chi connectivity index (χ1n) is 6.81. The number of nitrogens with one attached hydrogen (secondary N) is 1. The van der Waals surface area contributed by atoms with Crippen molar-refractivity contribution >= 4 is 11.6 Å². The van der Waals surface area contributed by atoms with Crippen molar-refractivity contribution in [2.45, 2.75) is 32.7 Å². The molecule has 1 aromatic carbocycles. The Balaban J connectivity index is 2.32. The number of rotatable bonds is 8. The molecule has 3 heteroatoms. The summed E-state index contributed by atoms with van der Waals surface area (Å²) in [6.45, 7) is 7.72. The van der Waals surface area contributed by atoms with E-state index in [0.29, 0.717) is 6.04 Å². The maximum absolute atomic E-state index is 5.91. The first kappa shape index (κ1) is 15.5. The highest BCUT2D eigenvalue weighted by Gasteiger charge is 2.10. The van der Waals surface area contributed by atoms with Gasteiger partial charge < -0.3 is 5.32 Å². The Hall–Kier alpha value is -0.570. The standard InChI is InChI=1S/C15H25ClN2/c1-4-17-11-5-6-12-18(3)13(2)14-7-9-15(16)10-8-14/h7-10,13,17H,4-6,11-12H2,1-3H3. The Kier molecular flexibility index (Phi) is 7.33. The second-order valence-corrected chi connectivity index (χ2v) is 5.21. The Bertz CT molecular complexity index is 324. The minimum Gasteiger partial charge on any atom is -0.317 e. The number of unbranched alkanes of at least 4 members (excludes halogenated alkanes) is 1. The van der Waals surface area contributed by atoms with E-state index in [4.69, 9.17) is 11.6 Å². The van der Waals surface area contributed by atoms with E-state index in [1.54, 1.807) is 0 Å². The van der Waals surface area contributed by atoms with E-state index in [9.17, 15) is 0 Å². The van der Waals surface area contributed by atoms with Crippen molar-refractivity contribution in [1.82, 2.24) is 10.2 Å². The average Bonchev–Trinajstić information content (AvgIpc) is 2.38. The van der Waals surface area contributed by atoms with Gasteiger partial charge in [-0.2, -0.15) is 0 Å². The molecule has 102 valence electrons. The molecule has 0 heterocycles. The van der Waals surface area contributed by atoms with Crippen LogP contribution in [-0.2, 0) is 0 Å². The van der Waals surface area contributed by atoms with Gasteiger partial charge in [-0.3, -0.25) is 4.90 Å². The van der Waals surface area contributed by atoms with Gasteiger partial charge in [0.15, 0.2) is 0 Å². The normalized spacial score (nSPS) is 12.9. The molecule has 0 aliphatic rings. The fourth-order valence-corrected chi connectivity index (χ4v) is 2.10. The van der Waals surface area contributed by atoms with Gasteiger partial charge in [0.25, 0.3) is 0 Å². The first-order chi connectivity index (χ1) is 8.65. The predicted molar refractivity (Wildman–Crippen MR) is 80.3 cm³/mol. The van der Waals surface area contributed by atoms with Crippen molar-refractivity contribution in [3.8, 4) is 0 Å². The van der Waals surface area contributed by atoms with E-state index in [-0.39, 0.29) is 0 Å². The lowest BCUT2D eigenvalue weighted by molar-refractivity contribution is 0.256. The van der Waals surface area contributed by atoms with Gasteiger partial charge >= 0.3 is 0 Å². The predicted octanol–water partition coefficient (Wildman–Crippen LogP) is 3.72. The third kappa shape index (κ3) is 5.38. The lowest BCUT2D eigenvalue weighted by atomic mass is 10.1. The quantitative estimate of drug-likeness (QED) is 0.723. The van der Waals surface area contributed by atoms with E-state index >= 15 is 0 Å². The van der Waals surface area contributed by atoms with E-state index in [2.05, 4.69) is 43.2 Å². The summed E-state index contributed by atoms with van der Waals surface area (Å²) in [7, 11) is 2.19. The summed E-state index contributed by atoms with van der Waals surface area (Å²) in [5, 5.41) is 4.16. The van der Waals surface area contributed by atoms with Crippen molar-refractivity contribution in [3.63, 3.8) is 0 Å². The molecular weight excluding hydrogens is 244 g/mol. The van der Waals surface area contributed by atoms with E-state index in [1.165, 1.54) is 18.4 Å². The van der Waals surface area contributed by atoms with Crippen LogP contribution in [-0.4, -0.2) is 31.6 Å². The molecule has 0 amide bonds. The van der Waals surface area contributed by atoms with Crippen molar-refractivity contribution in [1.29, 1.82) is 0 Å². The molecule has 1 atom stereocenters. The zero-order chi connectivity index (χ0) is 13.4. The van der Waals surface area contributed by atoms with Gasteiger partial charge in [0.2, 0.25) is 0 Å². The van der Waals surface area contributed by atoms with Crippen LogP contribution in [0.15, 0.2) is 24.3 Å². The largest absolute Gasteiger partial charge is 0.317 e. The van der Waals surface area contributed by atoms with Gasteiger partial charge in [-0.25, -0.2) is 0 Å². The van der Waals surface area contributed by atoms with Crippen LogP contribution in [0.1, 0.15) is 38.3 Å². The first-order valence-corrected chi connectivity index (χ1v) is 7.19. The SMILES string of the molecule is CCNCCCCN(C)C(C)c1ccc(Cl)cc1. The Morgan fingerprint density at radius 2 is 1.89 bits per heavy atom. The fourth-order valence-electron chi connectivity index (χ4n) is 1.98. The van der Waals surface area contributed by atoms with Crippen LogP contribution in [0, 0.1) is 0 Å². The number of benzene rings is 1. The third-order valence-corrected chi connectivity index (χ3v) is 3.63. The fraction of sp³-hybridized carbons (Fsp3) is 0.600. The van der Waals surface area contributed by atoms with E-state index in [1.807, 2.05) is 12.1 Å². The van der Waals surface area contributed by atoms with Gasteiger partial charge in [-0.05, 0) is 64.1 Å². The smallest absolute Gasteiger partial charge is 0.0406 e. The molecule has 18 heavy (non-hydrogen) atoms. The highest BCUT2D eigenvalue weighted by atomic mass is 35.5. The van der Waals surface area contributed by atoms with Gasteiger partial charge in [0.05, 0.1) is 0 Å². The molecule has 0 radical (unpaired) electrons. The molecule has 0 aliphatic heterocycles. The molecular formula is C15H25ClN2. The molecule has 0 saturated heterocycles. The van der Waals surface area contributed by atoms with Crippen LogP contribution >= 0.6 is 11.6 Å². The van der Waals surface area contributed by atoms with Crippen molar-refractivity contribution < 1.29 is 0 Å². The van der Waals surface area contributed by atoms with Gasteiger partial charge in [0, 0.05) is 11.1 Å². The molecule has 0 bridgehead atoms. The molecule has 0 aliphatic carbocycles.